The van der Waals surface area contributed by atoms with Crippen molar-refractivity contribution in [3.05, 3.63) is 23.8 Å². The van der Waals surface area contributed by atoms with Crippen molar-refractivity contribution in [2.45, 2.75) is 44.4 Å². The highest BCUT2D eigenvalue weighted by Gasteiger charge is 2.32. The van der Waals surface area contributed by atoms with Crippen molar-refractivity contribution < 1.29 is 17.9 Å². The number of ether oxygens (including phenoxy) is 1. The Bertz CT molecular complexity index is 480. The van der Waals surface area contributed by atoms with Crippen molar-refractivity contribution >= 4 is 5.69 Å². The molecule has 0 radical (unpaired) electrons. The summed E-state index contributed by atoms with van der Waals surface area (Å²) in [6.45, 7) is 0.821. The zero-order valence-electron chi connectivity index (χ0n) is 11.2. The van der Waals surface area contributed by atoms with Gasteiger partial charge in [-0.15, -0.1) is 13.2 Å². The summed E-state index contributed by atoms with van der Waals surface area (Å²) in [6, 6.07) is 4.60. The minimum Gasteiger partial charge on any atom is -0.406 e. The first-order chi connectivity index (χ1) is 9.51. The van der Waals surface area contributed by atoms with Crippen LogP contribution in [0.1, 0.15) is 43.6 Å². The molecule has 1 aromatic rings. The number of rotatable bonds is 3. The molecule has 110 valence electrons. The summed E-state index contributed by atoms with van der Waals surface area (Å²) < 4.78 is 40.9. The van der Waals surface area contributed by atoms with Crippen LogP contribution in [-0.2, 0) is 0 Å². The maximum atomic E-state index is 12.3. The lowest BCUT2D eigenvalue weighted by atomic mass is 9.89. The Morgan fingerprint density at radius 3 is 2.65 bits per heavy atom. The Hall–Kier alpha value is -1.39. The predicted molar refractivity (Wildman–Crippen MR) is 70.9 cm³/mol. The van der Waals surface area contributed by atoms with E-state index in [2.05, 4.69) is 10.1 Å². The van der Waals surface area contributed by atoms with Gasteiger partial charge in [0.1, 0.15) is 5.75 Å². The number of hydrogen-bond acceptors (Lipinski definition) is 2. The van der Waals surface area contributed by atoms with Crippen molar-refractivity contribution in [2.75, 3.05) is 11.9 Å². The van der Waals surface area contributed by atoms with Gasteiger partial charge in [-0.1, -0.05) is 25.7 Å². The second kappa shape index (κ2) is 5.19. The van der Waals surface area contributed by atoms with Gasteiger partial charge in [0, 0.05) is 18.2 Å². The summed E-state index contributed by atoms with van der Waals surface area (Å²) in [6.07, 6.45) is 1.52. The van der Waals surface area contributed by atoms with Gasteiger partial charge in [-0.3, -0.25) is 0 Å². The lowest BCUT2D eigenvalue weighted by molar-refractivity contribution is -0.274. The first-order valence-electron chi connectivity index (χ1n) is 7.15. The fourth-order valence-electron chi connectivity index (χ4n) is 3.44. The van der Waals surface area contributed by atoms with E-state index in [0.29, 0.717) is 5.92 Å². The quantitative estimate of drug-likeness (QED) is 0.871. The highest BCUT2D eigenvalue weighted by molar-refractivity contribution is 5.60. The highest BCUT2D eigenvalue weighted by atomic mass is 19.4. The minimum atomic E-state index is -4.62. The monoisotopic (exact) mass is 285 g/mol. The summed E-state index contributed by atoms with van der Waals surface area (Å²) in [5.41, 5.74) is 1.92. The van der Waals surface area contributed by atoms with Crippen LogP contribution in [0, 0.1) is 5.92 Å². The first-order valence-corrected chi connectivity index (χ1v) is 7.15. The second-order valence-electron chi connectivity index (χ2n) is 5.76. The molecular weight excluding hydrogens is 267 g/mol. The van der Waals surface area contributed by atoms with E-state index in [9.17, 15) is 13.2 Å². The Labute approximate surface area is 116 Å². The average Bonchev–Trinajstić information content (AvgIpc) is 2.98. The van der Waals surface area contributed by atoms with Gasteiger partial charge >= 0.3 is 6.36 Å². The molecular formula is C15H18F3NO. The van der Waals surface area contributed by atoms with Gasteiger partial charge in [0.25, 0.3) is 0 Å². The molecule has 2 aliphatic rings. The molecule has 1 saturated carbocycles. The Kier molecular flexibility index (Phi) is 3.52. The third kappa shape index (κ3) is 3.02. The lowest BCUT2D eigenvalue weighted by Gasteiger charge is -2.16. The summed E-state index contributed by atoms with van der Waals surface area (Å²) in [5.74, 6) is 0.918. The second-order valence-corrected chi connectivity index (χ2v) is 5.76. The SMILES string of the molecule is FC(F)(F)Oc1ccc2c(c1)C(CC1CCCC1)CN2. The van der Waals surface area contributed by atoms with Gasteiger partial charge < -0.3 is 10.1 Å². The van der Waals surface area contributed by atoms with Crippen LogP contribution in [0.15, 0.2) is 18.2 Å². The molecule has 1 aliphatic carbocycles. The summed E-state index contributed by atoms with van der Waals surface area (Å²) >= 11 is 0. The molecule has 1 aromatic carbocycles. The van der Waals surface area contributed by atoms with E-state index in [1.807, 2.05) is 0 Å². The van der Waals surface area contributed by atoms with Crippen molar-refractivity contribution in [3.63, 3.8) is 0 Å². The van der Waals surface area contributed by atoms with E-state index in [4.69, 9.17) is 0 Å². The number of alkyl halides is 3. The van der Waals surface area contributed by atoms with Gasteiger partial charge in [0.2, 0.25) is 0 Å². The number of hydrogen-bond donors (Lipinski definition) is 1. The van der Waals surface area contributed by atoms with Crippen molar-refractivity contribution in [3.8, 4) is 5.75 Å². The lowest BCUT2D eigenvalue weighted by Crippen LogP contribution is -2.17. The van der Waals surface area contributed by atoms with E-state index in [0.717, 1.165) is 30.1 Å². The Balaban J connectivity index is 1.74. The number of anilines is 1. The molecule has 0 spiro atoms. The molecule has 3 rings (SSSR count). The number of nitrogens with one attached hydrogen (secondary N) is 1. The zero-order chi connectivity index (χ0) is 14.2. The van der Waals surface area contributed by atoms with E-state index in [1.54, 1.807) is 12.1 Å². The summed E-state index contributed by atoms with van der Waals surface area (Å²) in [4.78, 5) is 0. The molecule has 0 bridgehead atoms. The molecule has 1 fully saturated rings. The third-order valence-electron chi connectivity index (χ3n) is 4.33. The molecule has 0 aromatic heterocycles. The standard InChI is InChI=1S/C15H18F3NO/c16-15(17,18)20-12-5-6-14-13(8-12)11(9-19-14)7-10-3-1-2-4-10/h5-6,8,10-11,19H,1-4,7,9H2. The van der Waals surface area contributed by atoms with Crippen LogP contribution in [-0.4, -0.2) is 12.9 Å². The summed E-state index contributed by atoms with van der Waals surface area (Å²) in [5, 5.41) is 3.28. The van der Waals surface area contributed by atoms with Crippen LogP contribution in [0.2, 0.25) is 0 Å². The van der Waals surface area contributed by atoms with Crippen LogP contribution < -0.4 is 10.1 Å². The Morgan fingerprint density at radius 2 is 1.95 bits per heavy atom. The van der Waals surface area contributed by atoms with E-state index in [-0.39, 0.29) is 5.75 Å². The van der Waals surface area contributed by atoms with E-state index < -0.39 is 6.36 Å². The molecule has 20 heavy (non-hydrogen) atoms. The van der Waals surface area contributed by atoms with Crippen LogP contribution >= 0.6 is 0 Å². The third-order valence-corrected chi connectivity index (χ3v) is 4.33. The van der Waals surface area contributed by atoms with Crippen molar-refractivity contribution in [2.24, 2.45) is 5.92 Å². The van der Waals surface area contributed by atoms with E-state index in [1.165, 1.54) is 31.7 Å². The molecule has 1 atom stereocenters. The van der Waals surface area contributed by atoms with Crippen LogP contribution in [0.25, 0.3) is 0 Å². The normalized spacial score (nSPS) is 22.6. The van der Waals surface area contributed by atoms with Gasteiger partial charge in [-0.25, -0.2) is 0 Å². The first kappa shape index (κ1) is 13.6. The fourth-order valence-corrected chi connectivity index (χ4v) is 3.44. The minimum absolute atomic E-state index is 0.114. The number of halogens is 3. The molecule has 1 aliphatic heterocycles. The molecule has 1 heterocycles. The van der Waals surface area contributed by atoms with Crippen LogP contribution in [0.3, 0.4) is 0 Å². The molecule has 5 heteroatoms. The average molecular weight is 285 g/mol. The number of benzene rings is 1. The number of fused-ring (bicyclic) bond motifs is 1. The summed E-state index contributed by atoms with van der Waals surface area (Å²) in [7, 11) is 0. The molecule has 1 unspecified atom stereocenters. The molecule has 1 N–H and O–H groups in total. The van der Waals surface area contributed by atoms with Gasteiger partial charge in [-0.2, -0.15) is 0 Å². The fraction of sp³-hybridized carbons (Fsp3) is 0.600. The largest absolute Gasteiger partial charge is 0.573 e. The maximum absolute atomic E-state index is 12.3. The van der Waals surface area contributed by atoms with E-state index >= 15 is 0 Å². The topological polar surface area (TPSA) is 21.3 Å². The highest BCUT2D eigenvalue weighted by Crippen LogP contribution is 2.41. The zero-order valence-corrected chi connectivity index (χ0v) is 11.2. The maximum Gasteiger partial charge on any atom is 0.573 e. The van der Waals surface area contributed by atoms with Crippen LogP contribution in [0.5, 0.6) is 5.75 Å². The smallest absolute Gasteiger partial charge is 0.406 e. The van der Waals surface area contributed by atoms with Crippen molar-refractivity contribution in [1.82, 2.24) is 0 Å². The van der Waals surface area contributed by atoms with Gasteiger partial charge in [0.05, 0.1) is 0 Å². The van der Waals surface area contributed by atoms with Crippen molar-refractivity contribution in [1.29, 1.82) is 0 Å². The van der Waals surface area contributed by atoms with Gasteiger partial charge in [-0.05, 0) is 36.1 Å². The molecule has 0 saturated heterocycles. The predicted octanol–water partition coefficient (Wildman–Crippen LogP) is 4.67. The molecule has 2 nitrogen and oxygen atoms in total. The van der Waals surface area contributed by atoms with Crippen LogP contribution in [0.4, 0.5) is 18.9 Å². The van der Waals surface area contributed by atoms with Gasteiger partial charge in [0.15, 0.2) is 0 Å². The Morgan fingerprint density at radius 1 is 1.20 bits per heavy atom. The molecule has 0 amide bonds.